The lowest BCUT2D eigenvalue weighted by atomic mass is 10.2. The summed E-state index contributed by atoms with van der Waals surface area (Å²) in [5, 5.41) is 0. The Hall–Kier alpha value is -2.30. The first-order valence-electron chi connectivity index (χ1n) is 5.34. The molecule has 0 aromatic heterocycles. The maximum atomic E-state index is 11.0. The number of methoxy groups -OCH3 is 1. The van der Waals surface area contributed by atoms with E-state index in [2.05, 4.69) is 4.74 Å². The van der Waals surface area contributed by atoms with E-state index in [1.807, 2.05) is 0 Å². The van der Waals surface area contributed by atoms with Crippen LogP contribution in [0.25, 0.3) is 0 Å². The maximum Gasteiger partial charge on any atom is 0.333 e. The second kappa shape index (κ2) is 7.11. The molecule has 0 N–H and O–H groups in total. The molecule has 1 rings (SSSR count). The van der Waals surface area contributed by atoms with Gasteiger partial charge in [-0.15, -0.1) is 0 Å². The molecule has 0 spiro atoms. The normalized spacial score (nSPS) is 10.1. The quantitative estimate of drug-likeness (QED) is 0.334. The molecule has 0 unspecified atom stereocenters. The van der Waals surface area contributed by atoms with Gasteiger partial charge < -0.3 is 14.2 Å². The first-order chi connectivity index (χ1) is 8.71. The van der Waals surface area contributed by atoms with E-state index in [4.69, 9.17) is 9.47 Å². The monoisotopic (exact) mass is 250 g/mol. The van der Waals surface area contributed by atoms with Crippen LogP contribution in [-0.2, 0) is 9.53 Å². The summed E-state index contributed by atoms with van der Waals surface area (Å²) in [6.07, 6.45) is 2.96. The van der Waals surface area contributed by atoms with Crippen molar-refractivity contribution in [3.63, 3.8) is 0 Å². The van der Waals surface area contributed by atoms with Crippen molar-refractivity contribution in [1.82, 2.24) is 0 Å². The molecule has 0 fully saturated rings. The van der Waals surface area contributed by atoms with Crippen LogP contribution >= 0.6 is 0 Å². The minimum atomic E-state index is -0.501. The molecule has 0 heterocycles. The highest BCUT2D eigenvalue weighted by Crippen LogP contribution is 2.22. The van der Waals surface area contributed by atoms with Crippen molar-refractivity contribution in [2.24, 2.45) is 0 Å². The number of ether oxygens (including phenoxy) is 3. The Bertz CT molecular complexity index is 451. The summed E-state index contributed by atoms with van der Waals surface area (Å²) in [6.45, 7) is 2.01. The standard InChI is InChI=1S/C13H14O5/c1-3-17-13(15)6-7-18-12-5-4-11(16-2)8-10(12)9-14/h4-9H,3H2,1-2H3. The van der Waals surface area contributed by atoms with Gasteiger partial charge in [0.25, 0.3) is 0 Å². The van der Waals surface area contributed by atoms with Crippen molar-refractivity contribution < 1.29 is 23.8 Å². The van der Waals surface area contributed by atoms with Crippen molar-refractivity contribution in [2.45, 2.75) is 6.92 Å². The van der Waals surface area contributed by atoms with Crippen molar-refractivity contribution in [3.05, 3.63) is 36.1 Å². The Morgan fingerprint density at radius 1 is 1.39 bits per heavy atom. The third kappa shape index (κ3) is 3.93. The molecule has 0 aliphatic rings. The number of hydrogen-bond acceptors (Lipinski definition) is 5. The highest BCUT2D eigenvalue weighted by Gasteiger charge is 2.04. The van der Waals surface area contributed by atoms with Crippen LogP contribution < -0.4 is 9.47 Å². The van der Waals surface area contributed by atoms with E-state index in [1.165, 1.54) is 13.4 Å². The molecule has 0 amide bonds. The molecule has 1 aromatic rings. The Kier molecular flexibility index (Phi) is 5.44. The topological polar surface area (TPSA) is 61.8 Å². The smallest absolute Gasteiger partial charge is 0.333 e. The zero-order valence-corrected chi connectivity index (χ0v) is 10.2. The SMILES string of the molecule is CCOC(=O)C=COc1ccc(OC)cc1C=O. The molecule has 0 atom stereocenters. The average molecular weight is 250 g/mol. The zero-order valence-electron chi connectivity index (χ0n) is 10.2. The molecule has 0 bridgehead atoms. The summed E-state index contributed by atoms with van der Waals surface area (Å²) in [4.78, 5) is 21.9. The largest absolute Gasteiger partial charge is 0.497 e. The molecule has 5 heteroatoms. The van der Waals surface area contributed by atoms with E-state index in [9.17, 15) is 9.59 Å². The van der Waals surface area contributed by atoms with Crippen molar-refractivity contribution in [2.75, 3.05) is 13.7 Å². The predicted octanol–water partition coefficient (Wildman–Crippen LogP) is 1.96. The molecule has 18 heavy (non-hydrogen) atoms. The van der Waals surface area contributed by atoms with Crippen LogP contribution in [0.2, 0.25) is 0 Å². The van der Waals surface area contributed by atoms with Gasteiger partial charge in [-0.05, 0) is 25.1 Å². The highest BCUT2D eigenvalue weighted by molar-refractivity contribution is 5.82. The molecule has 0 radical (unpaired) electrons. The summed E-state index contributed by atoms with van der Waals surface area (Å²) < 4.78 is 14.8. The second-order valence-corrected chi connectivity index (χ2v) is 3.19. The first-order valence-corrected chi connectivity index (χ1v) is 5.34. The molecule has 0 saturated heterocycles. The fraction of sp³-hybridized carbons (Fsp3) is 0.231. The van der Waals surface area contributed by atoms with Crippen LogP contribution in [0.15, 0.2) is 30.5 Å². The minimum absolute atomic E-state index is 0.297. The number of benzene rings is 1. The van der Waals surface area contributed by atoms with E-state index in [1.54, 1.807) is 25.1 Å². The lowest BCUT2D eigenvalue weighted by Crippen LogP contribution is -2.00. The molecule has 5 nitrogen and oxygen atoms in total. The average Bonchev–Trinajstić information content (AvgIpc) is 2.39. The van der Waals surface area contributed by atoms with Crippen molar-refractivity contribution in [1.29, 1.82) is 0 Å². The fourth-order valence-corrected chi connectivity index (χ4v) is 1.21. The first kappa shape index (κ1) is 13.8. The van der Waals surface area contributed by atoms with Gasteiger partial charge in [-0.3, -0.25) is 4.79 Å². The van der Waals surface area contributed by atoms with Crippen LogP contribution in [-0.4, -0.2) is 26.0 Å². The molecule has 0 aliphatic carbocycles. The number of hydrogen-bond donors (Lipinski definition) is 0. The Labute approximate surface area is 105 Å². The molecule has 0 saturated carbocycles. The summed E-state index contributed by atoms with van der Waals surface area (Å²) in [7, 11) is 1.51. The van der Waals surface area contributed by atoms with Crippen LogP contribution in [0.5, 0.6) is 11.5 Å². The van der Waals surface area contributed by atoms with E-state index in [0.717, 1.165) is 6.08 Å². The van der Waals surface area contributed by atoms with Gasteiger partial charge in [0.15, 0.2) is 6.29 Å². The van der Waals surface area contributed by atoms with E-state index in [-0.39, 0.29) is 0 Å². The predicted molar refractivity (Wildman–Crippen MR) is 64.8 cm³/mol. The Morgan fingerprint density at radius 3 is 2.78 bits per heavy atom. The third-order valence-electron chi connectivity index (χ3n) is 2.03. The summed E-state index contributed by atoms with van der Waals surface area (Å²) in [5.41, 5.74) is 0.336. The maximum absolute atomic E-state index is 11.0. The van der Waals surface area contributed by atoms with E-state index < -0.39 is 5.97 Å². The lowest BCUT2D eigenvalue weighted by molar-refractivity contribution is -0.137. The molecule has 1 aromatic carbocycles. The van der Waals surface area contributed by atoms with Crippen molar-refractivity contribution in [3.8, 4) is 11.5 Å². The van der Waals surface area contributed by atoms with Gasteiger partial charge in [0.1, 0.15) is 11.5 Å². The van der Waals surface area contributed by atoms with Gasteiger partial charge in [0, 0.05) is 0 Å². The van der Waals surface area contributed by atoms with E-state index in [0.29, 0.717) is 30.0 Å². The van der Waals surface area contributed by atoms with Gasteiger partial charge >= 0.3 is 5.97 Å². The van der Waals surface area contributed by atoms with Gasteiger partial charge in [-0.25, -0.2) is 4.79 Å². The van der Waals surface area contributed by atoms with Gasteiger partial charge in [-0.1, -0.05) is 0 Å². The third-order valence-corrected chi connectivity index (χ3v) is 2.03. The van der Waals surface area contributed by atoms with Crippen LogP contribution in [0.4, 0.5) is 0 Å². The van der Waals surface area contributed by atoms with Crippen LogP contribution in [0.1, 0.15) is 17.3 Å². The summed E-state index contributed by atoms with van der Waals surface area (Å²) in [6, 6.07) is 4.78. The number of carbonyl (C=O) groups excluding carboxylic acids is 2. The number of carbonyl (C=O) groups is 2. The number of aldehydes is 1. The van der Waals surface area contributed by atoms with E-state index >= 15 is 0 Å². The second-order valence-electron chi connectivity index (χ2n) is 3.19. The Morgan fingerprint density at radius 2 is 2.17 bits per heavy atom. The minimum Gasteiger partial charge on any atom is -0.497 e. The van der Waals surface area contributed by atoms with Crippen LogP contribution in [0, 0.1) is 0 Å². The van der Waals surface area contributed by atoms with Gasteiger partial charge in [-0.2, -0.15) is 0 Å². The molecule has 96 valence electrons. The molecular formula is C13H14O5. The zero-order chi connectivity index (χ0) is 13.4. The number of rotatable bonds is 6. The molecule has 0 aliphatic heterocycles. The summed E-state index contributed by atoms with van der Waals surface area (Å²) in [5.74, 6) is 0.392. The van der Waals surface area contributed by atoms with Crippen LogP contribution in [0.3, 0.4) is 0 Å². The fourth-order valence-electron chi connectivity index (χ4n) is 1.21. The summed E-state index contributed by atoms with van der Waals surface area (Å²) >= 11 is 0. The Balaban J connectivity index is 2.72. The van der Waals surface area contributed by atoms with Crippen molar-refractivity contribution >= 4 is 12.3 Å². The molecular weight excluding hydrogens is 236 g/mol. The van der Waals surface area contributed by atoms with Gasteiger partial charge in [0.05, 0.1) is 31.6 Å². The number of esters is 1. The lowest BCUT2D eigenvalue weighted by Gasteiger charge is -2.05. The van der Waals surface area contributed by atoms with Gasteiger partial charge in [0.2, 0.25) is 0 Å². The highest BCUT2D eigenvalue weighted by atomic mass is 16.5.